The van der Waals surface area contributed by atoms with Crippen LogP contribution in [0.15, 0.2) is 65.1 Å². The largest absolute Gasteiger partial charge is 0.496 e. The van der Waals surface area contributed by atoms with Crippen LogP contribution in [0.4, 0.5) is 0 Å². The monoisotopic (exact) mass is 452 g/mol. The summed E-state index contributed by atoms with van der Waals surface area (Å²) < 4.78 is 12.6. The van der Waals surface area contributed by atoms with Gasteiger partial charge in [0.05, 0.1) is 7.11 Å². The second-order valence-electron chi connectivity index (χ2n) is 7.35. The Labute approximate surface area is 180 Å². The van der Waals surface area contributed by atoms with Crippen LogP contribution in [0.25, 0.3) is 0 Å². The van der Waals surface area contributed by atoms with Crippen LogP contribution < -0.4 is 9.47 Å². The van der Waals surface area contributed by atoms with E-state index in [4.69, 9.17) is 9.47 Å². The molecule has 0 atom stereocenters. The topological polar surface area (TPSA) is 35.5 Å². The van der Waals surface area contributed by atoms with Crippen molar-refractivity contribution in [2.24, 2.45) is 0 Å². The molecule has 0 aromatic heterocycles. The average molecular weight is 453 g/mol. The fourth-order valence-electron chi connectivity index (χ4n) is 3.22. The standard InChI is InChI=1S/C25H25BrO3/c1-16(2)22-11-9-19(25(27)18-7-5-6-17(3)12-18)13-24(22)29-15-20-8-10-21(26)14-23(20)28-4/h5-14,16H,15H2,1-4H3. The molecule has 0 aliphatic heterocycles. The van der Waals surface area contributed by atoms with E-state index in [1.807, 2.05) is 67.6 Å². The molecule has 0 unspecified atom stereocenters. The zero-order chi connectivity index (χ0) is 21.0. The molecule has 0 bridgehead atoms. The van der Waals surface area contributed by atoms with Crippen LogP contribution in [0, 0.1) is 6.92 Å². The molecule has 150 valence electrons. The van der Waals surface area contributed by atoms with Crippen LogP contribution in [-0.2, 0) is 6.61 Å². The molecule has 0 heterocycles. The number of hydrogen-bond acceptors (Lipinski definition) is 3. The van der Waals surface area contributed by atoms with Crippen molar-refractivity contribution in [2.45, 2.75) is 33.3 Å². The number of carbonyl (C=O) groups excluding carboxylic acids is 1. The van der Waals surface area contributed by atoms with Crippen molar-refractivity contribution < 1.29 is 14.3 Å². The van der Waals surface area contributed by atoms with Gasteiger partial charge in [0.25, 0.3) is 0 Å². The molecular formula is C25H25BrO3. The number of hydrogen-bond donors (Lipinski definition) is 0. The van der Waals surface area contributed by atoms with Crippen molar-refractivity contribution in [2.75, 3.05) is 7.11 Å². The molecule has 29 heavy (non-hydrogen) atoms. The quantitative estimate of drug-likeness (QED) is 0.374. The van der Waals surface area contributed by atoms with E-state index in [9.17, 15) is 4.79 Å². The number of rotatable bonds is 7. The Morgan fingerprint density at radius 1 is 0.966 bits per heavy atom. The van der Waals surface area contributed by atoms with Gasteiger partial charge in [0.2, 0.25) is 0 Å². The molecule has 0 aliphatic rings. The van der Waals surface area contributed by atoms with Gasteiger partial charge in [-0.1, -0.05) is 71.7 Å². The Kier molecular flexibility index (Phi) is 6.75. The molecule has 0 spiro atoms. The van der Waals surface area contributed by atoms with Crippen LogP contribution >= 0.6 is 15.9 Å². The van der Waals surface area contributed by atoms with Crippen molar-refractivity contribution in [3.8, 4) is 11.5 Å². The highest BCUT2D eigenvalue weighted by Gasteiger charge is 2.15. The fourth-order valence-corrected chi connectivity index (χ4v) is 3.56. The smallest absolute Gasteiger partial charge is 0.193 e. The third-order valence-electron chi connectivity index (χ3n) is 4.81. The summed E-state index contributed by atoms with van der Waals surface area (Å²) in [6.07, 6.45) is 0. The summed E-state index contributed by atoms with van der Waals surface area (Å²) >= 11 is 3.46. The normalized spacial score (nSPS) is 10.8. The van der Waals surface area contributed by atoms with Gasteiger partial charge in [0, 0.05) is 21.2 Å². The maximum Gasteiger partial charge on any atom is 0.193 e. The first-order chi connectivity index (χ1) is 13.9. The molecule has 3 aromatic carbocycles. The minimum atomic E-state index is -0.00456. The molecule has 0 aliphatic carbocycles. The molecule has 3 aromatic rings. The lowest BCUT2D eigenvalue weighted by Crippen LogP contribution is -2.06. The average Bonchev–Trinajstić information content (AvgIpc) is 2.71. The predicted octanol–water partition coefficient (Wildman–Crippen LogP) is 6.70. The van der Waals surface area contributed by atoms with Crippen molar-refractivity contribution in [3.63, 3.8) is 0 Å². The fraction of sp³-hybridized carbons (Fsp3) is 0.240. The highest BCUT2D eigenvalue weighted by Crippen LogP contribution is 2.31. The molecule has 3 nitrogen and oxygen atoms in total. The molecule has 0 amide bonds. The van der Waals surface area contributed by atoms with E-state index in [1.54, 1.807) is 7.11 Å². The van der Waals surface area contributed by atoms with E-state index in [2.05, 4.69) is 29.8 Å². The first-order valence-electron chi connectivity index (χ1n) is 9.59. The number of ether oxygens (including phenoxy) is 2. The first-order valence-corrected chi connectivity index (χ1v) is 10.4. The molecular weight excluding hydrogens is 428 g/mol. The van der Waals surface area contributed by atoms with E-state index < -0.39 is 0 Å². The third kappa shape index (κ3) is 5.07. The van der Waals surface area contributed by atoms with Crippen LogP contribution in [-0.4, -0.2) is 12.9 Å². The summed E-state index contributed by atoms with van der Waals surface area (Å²) in [4.78, 5) is 13.0. The van der Waals surface area contributed by atoms with Gasteiger partial charge in [-0.25, -0.2) is 0 Å². The Morgan fingerprint density at radius 3 is 2.41 bits per heavy atom. The summed E-state index contributed by atoms with van der Waals surface area (Å²) in [6.45, 7) is 6.58. The molecule has 0 fully saturated rings. The SMILES string of the molecule is COc1cc(Br)ccc1COc1cc(C(=O)c2cccc(C)c2)ccc1C(C)C. The van der Waals surface area contributed by atoms with E-state index in [0.717, 1.165) is 32.7 Å². The van der Waals surface area contributed by atoms with Gasteiger partial charge in [0.15, 0.2) is 5.78 Å². The van der Waals surface area contributed by atoms with Gasteiger partial charge in [-0.05, 0) is 42.7 Å². The summed E-state index contributed by atoms with van der Waals surface area (Å²) in [6, 6.07) is 19.2. The van der Waals surface area contributed by atoms with Gasteiger partial charge in [-0.2, -0.15) is 0 Å². The van der Waals surface area contributed by atoms with Crippen molar-refractivity contribution >= 4 is 21.7 Å². The molecule has 0 saturated carbocycles. The van der Waals surface area contributed by atoms with E-state index >= 15 is 0 Å². The summed E-state index contributed by atoms with van der Waals surface area (Å²) in [5.41, 5.74) is 4.39. The summed E-state index contributed by atoms with van der Waals surface area (Å²) in [7, 11) is 1.64. The Hall–Kier alpha value is -2.59. The van der Waals surface area contributed by atoms with Crippen LogP contribution in [0.5, 0.6) is 11.5 Å². The molecule has 0 radical (unpaired) electrons. The zero-order valence-electron chi connectivity index (χ0n) is 17.2. The van der Waals surface area contributed by atoms with Crippen LogP contribution in [0.1, 0.15) is 52.4 Å². The molecule has 3 rings (SSSR count). The minimum absolute atomic E-state index is 0.00456. The minimum Gasteiger partial charge on any atom is -0.496 e. The van der Waals surface area contributed by atoms with Crippen LogP contribution in [0.2, 0.25) is 0 Å². The first kappa shape index (κ1) is 21.1. The van der Waals surface area contributed by atoms with Gasteiger partial charge < -0.3 is 9.47 Å². The number of methoxy groups -OCH3 is 1. The molecule has 0 N–H and O–H groups in total. The Balaban J connectivity index is 1.91. The van der Waals surface area contributed by atoms with Crippen LogP contribution in [0.3, 0.4) is 0 Å². The maximum absolute atomic E-state index is 13.0. The lowest BCUT2D eigenvalue weighted by Gasteiger charge is -2.17. The number of ketones is 1. The summed E-state index contributed by atoms with van der Waals surface area (Å²) in [5.74, 6) is 1.76. The number of benzene rings is 3. The Bertz CT molecular complexity index is 1020. The second-order valence-corrected chi connectivity index (χ2v) is 8.27. The lowest BCUT2D eigenvalue weighted by molar-refractivity contribution is 0.103. The number of halogens is 1. The molecule has 0 saturated heterocycles. The zero-order valence-corrected chi connectivity index (χ0v) is 18.7. The van der Waals surface area contributed by atoms with Crippen molar-refractivity contribution in [1.29, 1.82) is 0 Å². The number of carbonyl (C=O) groups is 1. The summed E-state index contributed by atoms with van der Waals surface area (Å²) in [5, 5.41) is 0. The van der Waals surface area contributed by atoms with E-state index in [-0.39, 0.29) is 11.7 Å². The molecule has 4 heteroatoms. The van der Waals surface area contributed by atoms with Gasteiger partial charge >= 0.3 is 0 Å². The van der Waals surface area contributed by atoms with Gasteiger partial charge in [0.1, 0.15) is 18.1 Å². The Morgan fingerprint density at radius 2 is 1.72 bits per heavy atom. The third-order valence-corrected chi connectivity index (χ3v) is 5.30. The lowest BCUT2D eigenvalue weighted by atomic mass is 9.96. The van der Waals surface area contributed by atoms with Crippen molar-refractivity contribution in [1.82, 2.24) is 0 Å². The predicted molar refractivity (Wildman–Crippen MR) is 120 cm³/mol. The maximum atomic E-state index is 13.0. The highest BCUT2D eigenvalue weighted by molar-refractivity contribution is 9.10. The van der Waals surface area contributed by atoms with E-state index in [1.165, 1.54) is 0 Å². The van der Waals surface area contributed by atoms with Gasteiger partial charge in [-0.15, -0.1) is 0 Å². The second kappa shape index (κ2) is 9.27. The number of aryl methyl sites for hydroxylation is 1. The van der Waals surface area contributed by atoms with Crippen molar-refractivity contribution in [3.05, 3.63) is 93.0 Å². The van der Waals surface area contributed by atoms with E-state index in [0.29, 0.717) is 17.7 Å². The highest BCUT2D eigenvalue weighted by atomic mass is 79.9. The van der Waals surface area contributed by atoms with Gasteiger partial charge in [-0.3, -0.25) is 4.79 Å².